The fraction of sp³-hybridized carbons (Fsp3) is 0.105. The van der Waals surface area contributed by atoms with Crippen molar-refractivity contribution in [2.24, 2.45) is 0 Å². The van der Waals surface area contributed by atoms with Crippen LogP contribution in [0, 0.1) is 0 Å². The van der Waals surface area contributed by atoms with Gasteiger partial charge in [-0.3, -0.25) is 0 Å². The summed E-state index contributed by atoms with van der Waals surface area (Å²) in [6.07, 6.45) is 0. The lowest BCUT2D eigenvalue weighted by Gasteiger charge is -2.08. The molecule has 0 atom stereocenters. The molecule has 0 spiro atoms. The number of aromatic carboxylic acids is 1. The maximum Gasteiger partial charge on any atom is 0.339 e. The summed E-state index contributed by atoms with van der Waals surface area (Å²) in [6, 6.07) is 15.2. The van der Waals surface area contributed by atoms with E-state index in [1.165, 1.54) is 6.07 Å². The minimum absolute atomic E-state index is 0.0731. The van der Waals surface area contributed by atoms with Crippen LogP contribution in [0.4, 0.5) is 0 Å². The fourth-order valence-electron chi connectivity index (χ4n) is 3.41. The minimum Gasteiger partial charge on any atom is -0.507 e. The van der Waals surface area contributed by atoms with Gasteiger partial charge < -0.3 is 14.8 Å². The first-order chi connectivity index (χ1) is 11.1. The topological polar surface area (TPSA) is 62.5 Å². The number of phenols is 1. The normalized spacial score (nSPS) is 11.5. The summed E-state index contributed by atoms with van der Waals surface area (Å²) in [5.41, 5.74) is 2.09. The van der Waals surface area contributed by atoms with Crippen LogP contribution in [-0.2, 0) is 6.54 Å². The molecule has 4 rings (SSSR count). The molecule has 1 aromatic heterocycles. The van der Waals surface area contributed by atoms with Crippen LogP contribution in [0.3, 0.4) is 0 Å². The number of hydrogen-bond donors (Lipinski definition) is 2. The summed E-state index contributed by atoms with van der Waals surface area (Å²) in [5, 5.41) is 23.2. The van der Waals surface area contributed by atoms with Gasteiger partial charge in [0.15, 0.2) is 0 Å². The Morgan fingerprint density at radius 1 is 1.04 bits per heavy atom. The van der Waals surface area contributed by atoms with Crippen LogP contribution in [0.15, 0.2) is 48.5 Å². The van der Waals surface area contributed by atoms with E-state index in [1.807, 2.05) is 24.3 Å². The summed E-state index contributed by atoms with van der Waals surface area (Å²) >= 11 is 0. The molecule has 2 N–H and O–H groups in total. The van der Waals surface area contributed by atoms with Crippen molar-refractivity contribution < 1.29 is 15.0 Å². The summed E-state index contributed by atoms with van der Waals surface area (Å²) in [6.45, 7) is 2.88. The number of carboxylic acid groups (broad SMARTS) is 1. The van der Waals surface area contributed by atoms with E-state index in [9.17, 15) is 15.0 Å². The number of para-hydroxylation sites is 1. The van der Waals surface area contributed by atoms with Crippen LogP contribution in [0.1, 0.15) is 17.3 Å². The Bertz CT molecular complexity index is 1090. The lowest BCUT2D eigenvalue weighted by Crippen LogP contribution is -1.98. The van der Waals surface area contributed by atoms with Crippen molar-refractivity contribution in [2.75, 3.05) is 0 Å². The molecule has 0 aliphatic rings. The number of aromatic nitrogens is 1. The highest BCUT2D eigenvalue weighted by atomic mass is 16.4. The van der Waals surface area contributed by atoms with Gasteiger partial charge in [0.2, 0.25) is 0 Å². The summed E-state index contributed by atoms with van der Waals surface area (Å²) in [4.78, 5) is 11.2. The number of carbonyl (C=O) groups is 1. The van der Waals surface area contributed by atoms with Crippen molar-refractivity contribution in [1.29, 1.82) is 0 Å². The second-order valence-corrected chi connectivity index (χ2v) is 5.62. The second kappa shape index (κ2) is 4.74. The predicted octanol–water partition coefficient (Wildman–Crippen LogP) is 4.37. The Balaban J connectivity index is 2.24. The first kappa shape index (κ1) is 13.6. The van der Waals surface area contributed by atoms with E-state index in [0.717, 1.165) is 39.1 Å². The summed E-state index contributed by atoms with van der Waals surface area (Å²) in [7, 11) is 0. The molecule has 4 nitrogen and oxygen atoms in total. The Hall–Kier alpha value is -3.01. The van der Waals surface area contributed by atoms with Crippen LogP contribution in [0.2, 0.25) is 0 Å². The van der Waals surface area contributed by atoms with Crippen LogP contribution in [0.5, 0.6) is 5.75 Å². The summed E-state index contributed by atoms with van der Waals surface area (Å²) in [5.74, 6) is -1.33. The molecule has 0 saturated heterocycles. The monoisotopic (exact) mass is 305 g/mol. The molecule has 0 fully saturated rings. The van der Waals surface area contributed by atoms with Gasteiger partial charge in [0.25, 0.3) is 0 Å². The van der Waals surface area contributed by atoms with Crippen molar-refractivity contribution in [3.05, 3.63) is 54.1 Å². The van der Waals surface area contributed by atoms with E-state index in [4.69, 9.17) is 0 Å². The van der Waals surface area contributed by atoms with E-state index < -0.39 is 5.97 Å². The number of carboxylic acids is 1. The van der Waals surface area contributed by atoms with Gasteiger partial charge in [-0.1, -0.05) is 30.3 Å². The highest BCUT2D eigenvalue weighted by Crippen LogP contribution is 2.36. The maximum absolute atomic E-state index is 11.2. The van der Waals surface area contributed by atoms with E-state index in [1.54, 1.807) is 6.07 Å². The lowest BCUT2D eigenvalue weighted by molar-refractivity contribution is 0.0694. The van der Waals surface area contributed by atoms with Crippen LogP contribution >= 0.6 is 0 Å². The molecule has 0 unspecified atom stereocenters. The van der Waals surface area contributed by atoms with Crippen molar-refractivity contribution in [1.82, 2.24) is 4.57 Å². The van der Waals surface area contributed by atoms with Crippen molar-refractivity contribution >= 4 is 38.5 Å². The zero-order chi connectivity index (χ0) is 16.1. The average molecular weight is 305 g/mol. The highest BCUT2D eigenvalue weighted by Gasteiger charge is 2.16. The maximum atomic E-state index is 11.2. The second-order valence-electron chi connectivity index (χ2n) is 5.62. The summed E-state index contributed by atoms with van der Waals surface area (Å²) < 4.78 is 2.20. The van der Waals surface area contributed by atoms with E-state index in [-0.39, 0.29) is 11.3 Å². The Morgan fingerprint density at radius 3 is 2.57 bits per heavy atom. The molecule has 3 aromatic carbocycles. The largest absolute Gasteiger partial charge is 0.507 e. The van der Waals surface area contributed by atoms with Gasteiger partial charge in [0.1, 0.15) is 11.3 Å². The Kier molecular flexibility index (Phi) is 2.81. The SMILES string of the molecule is CCn1c2ccccc2c2ccc3cc(C(=O)O)c(O)cc3c21. The zero-order valence-corrected chi connectivity index (χ0v) is 12.6. The Morgan fingerprint density at radius 2 is 1.83 bits per heavy atom. The molecular formula is C19H15NO3. The first-order valence-electron chi connectivity index (χ1n) is 7.51. The third-order valence-electron chi connectivity index (χ3n) is 4.41. The fourth-order valence-corrected chi connectivity index (χ4v) is 3.41. The van der Waals surface area contributed by atoms with Crippen LogP contribution in [0.25, 0.3) is 32.6 Å². The number of fused-ring (bicyclic) bond motifs is 5. The van der Waals surface area contributed by atoms with Crippen molar-refractivity contribution in [3.63, 3.8) is 0 Å². The van der Waals surface area contributed by atoms with E-state index in [0.29, 0.717) is 0 Å². The van der Waals surface area contributed by atoms with Crippen molar-refractivity contribution in [3.8, 4) is 5.75 Å². The molecule has 1 heterocycles. The van der Waals surface area contributed by atoms with Gasteiger partial charge in [-0.25, -0.2) is 4.79 Å². The molecule has 23 heavy (non-hydrogen) atoms. The standard InChI is InChI=1S/C19H15NO3/c1-2-20-16-6-4-3-5-12(16)13-8-7-11-9-15(19(22)23)17(21)10-14(11)18(13)20/h3-10,21H,2H2,1H3,(H,22,23). The molecular weight excluding hydrogens is 290 g/mol. The van der Waals surface area contributed by atoms with Gasteiger partial charge >= 0.3 is 5.97 Å². The van der Waals surface area contributed by atoms with E-state index in [2.05, 4.69) is 23.6 Å². The average Bonchev–Trinajstić information content (AvgIpc) is 2.88. The van der Waals surface area contributed by atoms with Crippen LogP contribution in [-0.4, -0.2) is 20.7 Å². The third kappa shape index (κ3) is 1.81. The lowest BCUT2D eigenvalue weighted by atomic mass is 10.0. The molecule has 4 heteroatoms. The zero-order valence-electron chi connectivity index (χ0n) is 12.6. The number of hydrogen-bond acceptors (Lipinski definition) is 2. The molecule has 0 aliphatic heterocycles. The number of aromatic hydroxyl groups is 1. The molecule has 0 radical (unpaired) electrons. The number of nitrogens with zero attached hydrogens (tertiary/aromatic N) is 1. The number of benzene rings is 3. The molecule has 0 aliphatic carbocycles. The quantitative estimate of drug-likeness (QED) is 0.578. The smallest absolute Gasteiger partial charge is 0.339 e. The Labute approximate surface area is 132 Å². The first-order valence-corrected chi connectivity index (χ1v) is 7.51. The minimum atomic E-state index is -1.12. The molecule has 4 aromatic rings. The highest BCUT2D eigenvalue weighted by molar-refractivity contribution is 6.18. The van der Waals surface area contributed by atoms with Crippen molar-refractivity contribution in [2.45, 2.75) is 13.5 Å². The predicted molar refractivity (Wildman–Crippen MR) is 91.2 cm³/mol. The van der Waals surface area contributed by atoms with Gasteiger partial charge in [0.05, 0.1) is 5.52 Å². The number of aryl methyl sites for hydroxylation is 1. The van der Waals surface area contributed by atoms with Crippen LogP contribution < -0.4 is 0 Å². The van der Waals surface area contributed by atoms with E-state index >= 15 is 0 Å². The van der Waals surface area contributed by atoms with Gasteiger partial charge in [0, 0.05) is 28.2 Å². The van der Waals surface area contributed by atoms with Gasteiger partial charge in [-0.15, -0.1) is 0 Å². The number of rotatable bonds is 2. The van der Waals surface area contributed by atoms with Gasteiger partial charge in [-0.2, -0.15) is 0 Å². The molecule has 0 saturated carbocycles. The molecule has 0 amide bonds. The molecule has 114 valence electrons. The third-order valence-corrected chi connectivity index (χ3v) is 4.41. The molecule has 0 bridgehead atoms. The van der Waals surface area contributed by atoms with Gasteiger partial charge in [-0.05, 0) is 30.5 Å².